The van der Waals surface area contributed by atoms with E-state index in [4.69, 9.17) is 120 Å². The van der Waals surface area contributed by atoms with Crippen molar-refractivity contribution in [1.29, 1.82) is 0 Å². The first-order chi connectivity index (χ1) is 51.5. The highest BCUT2D eigenvalue weighted by Crippen LogP contribution is 2.46. The van der Waals surface area contributed by atoms with Gasteiger partial charge in [-0.1, -0.05) is 150 Å². The van der Waals surface area contributed by atoms with Crippen LogP contribution in [0.2, 0.25) is 127 Å². The fourth-order valence-corrected chi connectivity index (χ4v) is 51.1. The lowest BCUT2D eigenvalue weighted by atomic mass is 9.75. The van der Waals surface area contributed by atoms with Crippen LogP contribution in [0.1, 0.15) is 103 Å². The molecule has 41 heteroatoms. The highest BCUT2D eigenvalue weighted by Gasteiger charge is 2.49. The Morgan fingerprint density at radius 3 is 0.407 bits per heavy atom. The Kier molecular flexibility index (Phi) is 57.7. The molecule has 0 saturated carbocycles. The lowest BCUT2D eigenvalue weighted by Crippen LogP contribution is -2.45. The molecule has 29 nitrogen and oxygen atoms in total. The quantitative estimate of drug-likeness (QED) is 0.0554. The van der Waals surface area contributed by atoms with Crippen LogP contribution in [0, 0.1) is 5.41 Å². The maximum atomic E-state index is 13.9. The first kappa shape index (κ1) is 109. The van der Waals surface area contributed by atoms with Gasteiger partial charge < -0.3 is 125 Å². The Morgan fingerprint density at radius 2 is 0.306 bits per heavy atom. The second kappa shape index (κ2) is 57.2. The number of rotatable bonds is 77. The molecule has 0 aromatic heterocycles. The van der Waals surface area contributed by atoms with Crippen molar-refractivity contribution in [1.82, 2.24) is 5.32 Å². The van der Waals surface area contributed by atoms with Gasteiger partial charge in [0.05, 0.1) is 24.2 Å². The van der Waals surface area contributed by atoms with Crippen LogP contribution in [0.4, 0.5) is 0 Å². The van der Waals surface area contributed by atoms with Crippen molar-refractivity contribution in [3.8, 4) is 0 Å². The van der Waals surface area contributed by atoms with E-state index in [2.05, 4.69) is 5.32 Å². The van der Waals surface area contributed by atoms with Gasteiger partial charge in [0, 0.05) is 260 Å². The Hall–Kier alpha value is 0.993. The lowest BCUT2D eigenvalue weighted by molar-refractivity contribution is -0.119. The minimum absolute atomic E-state index is 0.0562. The van der Waals surface area contributed by atoms with Crippen molar-refractivity contribution in [3.05, 3.63) is 0 Å². The summed E-state index contributed by atoms with van der Waals surface area (Å²) in [5, 5.41) is 3.52. The van der Waals surface area contributed by atoms with E-state index in [1.54, 1.807) is 199 Å². The molecule has 0 aromatic carbocycles. The average molecular weight is 1760 g/mol. The predicted octanol–water partition coefficient (Wildman–Crippen LogP) is 13.2. The molecule has 0 saturated heterocycles. The molecule has 0 atom stereocenters. The lowest BCUT2D eigenvalue weighted by Gasteiger charge is -2.41. The monoisotopic (exact) mass is 1760 g/mol. The second-order valence-electron chi connectivity index (χ2n) is 28.8. The third-order valence-electron chi connectivity index (χ3n) is 24.1. The number of amides is 1. The Bertz CT molecular complexity index is 1740. The molecule has 108 heavy (non-hydrogen) atoms. The summed E-state index contributed by atoms with van der Waals surface area (Å²) in [4.78, 5) is 13.9. The van der Waals surface area contributed by atoms with E-state index in [9.17, 15) is 4.79 Å². The van der Waals surface area contributed by atoms with E-state index in [0.717, 1.165) is 169 Å². The first-order valence-electron chi connectivity index (χ1n) is 38.7. The molecule has 0 radical (unpaired) electrons. The molecule has 0 unspecified atom stereocenters. The maximum absolute atomic E-state index is 13.9. The number of hydrogen-bond donors (Lipinski definition) is 1. The summed E-state index contributed by atoms with van der Waals surface area (Å²) in [7, 11) is 11.7. The van der Waals surface area contributed by atoms with E-state index < -0.39 is 103 Å². The maximum Gasteiger partial charge on any atom is 0.500 e. The molecule has 0 aliphatic heterocycles. The standard InChI is InChI=1S/C67H159NO28Si12/c1-66(69)68-65-67(41-29-44-97(47-32-56-100(70-2,71-3)72-4,48-33-57-101(73-5,74-6)75-7)49-34-58-102(76-8,77-9)78-10,42-30-45-98(50-35-59-103(79-11,80-12)81-13,51-36-60-104(82-14,83-15)84-16)52-37-61-105(85-17,86-18)87-19)43-31-46-99(53-38-62-106(88-20,89-21)90-22,54-39-63-107(91-23,92-24)93-25)55-40-64-108(94-26,95-27)96-28/h29-65H2,1-28H3,(H,68,69). The highest BCUT2D eigenvalue weighted by atomic mass is 28.4. The Labute approximate surface area is 669 Å². The predicted molar refractivity (Wildman–Crippen MR) is 450 cm³/mol. The Balaban J connectivity index is 9.46. The van der Waals surface area contributed by atoms with E-state index in [-0.39, 0.29) is 11.3 Å². The van der Waals surface area contributed by atoms with E-state index in [0.29, 0.717) is 60.9 Å². The van der Waals surface area contributed by atoms with Gasteiger partial charge in [-0.15, -0.1) is 0 Å². The third kappa shape index (κ3) is 35.5. The van der Waals surface area contributed by atoms with Crippen LogP contribution in [0.25, 0.3) is 0 Å². The van der Waals surface area contributed by atoms with Gasteiger partial charge >= 0.3 is 79.2 Å². The smallest absolute Gasteiger partial charge is 0.377 e. The molecule has 0 aromatic rings. The van der Waals surface area contributed by atoms with Crippen LogP contribution in [0.3, 0.4) is 0 Å². The van der Waals surface area contributed by atoms with Crippen molar-refractivity contribution in [2.24, 2.45) is 5.41 Å². The van der Waals surface area contributed by atoms with E-state index in [1.165, 1.54) is 0 Å². The van der Waals surface area contributed by atoms with Gasteiger partial charge in [0.1, 0.15) is 0 Å². The summed E-state index contributed by atoms with van der Waals surface area (Å²) in [5.74, 6) is -0.0562. The SMILES string of the molecule is CO[Si](CCC[Si](CCCC(CCC[Si](CCC[Si](OC)(OC)OC)(CCC[Si](OC)(OC)OC)CCC[Si](OC)(OC)OC)(CCC[Si](CCC[Si](OC)(OC)OC)(CCC[Si](OC)(OC)OC)CCC[Si](OC)(OC)OC)CNC(C)=O)(CCC[Si](OC)(OC)OC)CCC[Si](OC)(OC)OC)(OC)OC. The highest BCUT2D eigenvalue weighted by molar-refractivity contribution is 6.81. The molecule has 0 heterocycles. The summed E-state index contributed by atoms with van der Waals surface area (Å²) in [5.41, 5.74) is -0.345. The van der Waals surface area contributed by atoms with Crippen molar-refractivity contribution < 1.29 is 124 Å². The zero-order valence-electron chi connectivity index (χ0n) is 73.1. The topological polar surface area (TPSA) is 278 Å². The van der Waals surface area contributed by atoms with Gasteiger partial charge in [-0.2, -0.15) is 0 Å². The van der Waals surface area contributed by atoms with Gasteiger partial charge in [-0.05, 0) is 24.7 Å². The molecule has 0 aliphatic carbocycles. The van der Waals surface area contributed by atoms with Crippen LogP contribution < -0.4 is 5.32 Å². The fraction of sp³-hybridized carbons (Fsp3) is 0.985. The van der Waals surface area contributed by atoms with Crippen molar-refractivity contribution in [2.45, 2.75) is 230 Å². The van der Waals surface area contributed by atoms with Gasteiger partial charge in [0.25, 0.3) is 0 Å². The molecular formula is C67H159NO28Si12. The van der Waals surface area contributed by atoms with Crippen LogP contribution >= 0.6 is 0 Å². The van der Waals surface area contributed by atoms with Crippen LogP contribution in [0.5, 0.6) is 0 Å². The van der Waals surface area contributed by atoms with Gasteiger partial charge in [-0.3, -0.25) is 4.79 Å². The van der Waals surface area contributed by atoms with Crippen LogP contribution in [0.15, 0.2) is 0 Å². The summed E-state index contributed by atoms with van der Waals surface area (Å²) in [6, 6.07) is 18.0. The molecule has 0 aliphatic rings. The minimum Gasteiger partial charge on any atom is -0.377 e. The summed E-state index contributed by atoms with van der Waals surface area (Å²) >= 11 is 0. The number of hydrogen-bond acceptors (Lipinski definition) is 28. The van der Waals surface area contributed by atoms with Crippen LogP contribution in [-0.2, 0) is 124 Å². The largest absolute Gasteiger partial charge is 0.500 e. The Morgan fingerprint density at radius 1 is 0.194 bits per heavy atom. The number of carbonyl (C=O) groups is 1. The zero-order chi connectivity index (χ0) is 82.0. The first-order valence-corrected chi connectivity index (χ1v) is 64.6. The van der Waals surface area contributed by atoms with Gasteiger partial charge in [0.15, 0.2) is 0 Å². The molecule has 0 fully saturated rings. The van der Waals surface area contributed by atoms with Crippen molar-refractivity contribution in [3.63, 3.8) is 0 Å². The molecule has 648 valence electrons. The van der Waals surface area contributed by atoms with E-state index >= 15 is 0 Å². The zero-order valence-corrected chi connectivity index (χ0v) is 85.1. The summed E-state index contributed by atoms with van der Waals surface area (Å²) in [6.07, 6.45) is 13.2. The van der Waals surface area contributed by atoms with Gasteiger partial charge in [-0.25, -0.2) is 0 Å². The molecular weight excluding hydrogens is 1600 g/mol. The van der Waals surface area contributed by atoms with Crippen LogP contribution in [-0.4, -0.2) is 308 Å². The summed E-state index contributed by atoms with van der Waals surface area (Å²) in [6.45, 7) is 2.17. The molecule has 0 rings (SSSR count). The minimum atomic E-state index is -2.98. The second-order valence-corrected chi connectivity index (χ2v) is 71.6. The van der Waals surface area contributed by atoms with Gasteiger partial charge in [0.2, 0.25) is 5.91 Å². The third-order valence-corrected chi connectivity index (χ3v) is 66.5. The van der Waals surface area contributed by atoms with E-state index in [1.807, 2.05) is 0 Å². The molecule has 1 amide bonds. The summed E-state index contributed by atoms with van der Waals surface area (Å²) < 4.78 is 165. The average Bonchev–Trinajstić information content (AvgIpc) is 0.824. The molecule has 0 bridgehead atoms. The number of carbonyl (C=O) groups excluding carboxylic acids is 1. The van der Waals surface area contributed by atoms with Crippen molar-refractivity contribution in [2.75, 3.05) is 199 Å². The normalized spacial score (nSPS) is 13.9. The molecule has 0 spiro atoms. The molecule has 1 N–H and O–H groups in total. The number of nitrogens with one attached hydrogen (secondary N) is 1. The fourth-order valence-electron chi connectivity index (χ4n) is 16.8. The van der Waals surface area contributed by atoms with Crippen molar-refractivity contribution >= 4 is 109 Å².